The molecule has 2 heterocycles. The molecule has 0 aromatic carbocycles. The lowest BCUT2D eigenvalue weighted by molar-refractivity contribution is -0.141. The summed E-state index contributed by atoms with van der Waals surface area (Å²) in [6, 6.07) is 2.71. The van der Waals surface area contributed by atoms with Gasteiger partial charge in [0.15, 0.2) is 0 Å². The lowest BCUT2D eigenvalue weighted by Crippen LogP contribution is -2.48. The highest BCUT2D eigenvalue weighted by Gasteiger charge is 2.34. The second-order valence-electron chi connectivity index (χ2n) is 5.32. The van der Waals surface area contributed by atoms with E-state index in [2.05, 4.69) is 5.32 Å². The molecule has 0 radical (unpaired) electrons. The first-order valence-electron chi connectivity index (χ1n) is 7.23. The van der Waals surface area contributed by atoms with Crippen LogP contribution in [0.1, 0.15) is 18.6 Å². The highest BCUT2D eigenvalue weighted by molar-refractivity contribution is 5.84. The standard InChI is InChI=1S/C14H18F3N3O3/c15-14(16,17)9-19-13(22)11-4-1-5-20(11)8-12(21)18-7-10-3-2-6-23-10/h2-3,6,11H,1,4-5,7-9H2,(H,18,21)(H,19,22)/t11-/m1/s1. The van der Waals surface area contributed by atoms with Crippen LogP contribution in [0.5, 0.6) is 0 Å². The van der Waals surface area contributed by atoms with Gasteiger partial charge in [-0.2, -0.15) is 13.2 Å². The van der Waals surface area contributed by atoms with E-state index in [0.717, 1.165) is 0 Å². The van der Waals surface area contributed by atoms with Crippen molar-refractivity contribution >= 4 is 11.8 Å². The first-order chi connectivity index (χ1) is 10.8. The van der Waals surface area contributed by atoms with Gasteiger partial charge in [-0.25, -0.2) is 0 Å². The van der Waals surface area contributed by atoms with Crippen LogP contribution in [0.4, 0.5) is 13.2 Å². The molecule has 1 aromatic heterocycles. The maximum absolute atomic E-state index is 12.1. The van der Waals surface area contributed by atoms with Crippen molar-refractivity contribution in [2.45, 2.75) is 31.6 Å². The van der Waals surface area contributed by atoms with E-state index in [9.17, 15) is 22.8 Å². The van der Waals surface area contributed by atoms with Gasteiger partial charge in [-0.1, -0.05) is 0 Å². The van der Waals surface area contributed by atoms with E-state index < -0.39 is 24.7 Å². The maximum atomic E-state index is 12.1. The molecular weight excluding hydrogens is 315 g/mol. The Morgan fingerprint density at radius 1 is 1.35 bits per heavy atom. The predicted octanol–water partition coefficient (Wildman–Crippen LogP) is 1.04. The smallest absolute Gasteiger partial charge is 0.405 e. The number of rotatable bonds is 6. The fourth-order valence-electron chi connectivity index (χ4n) is 2.46. The van der Waals surface area contributed by atoms with Gasteiger partial charge in [-0.05, 0) is 31.5 Å². The molecule has 2 N–H and O–H groups in total. The van der Waals surface area contributed by atoms with E-state index in [4.69, 9.17) is 4.42 Å². The van der Waals surface area contributed by atoms with Crippen LogP contribution in [0, 0.1) is 0 Å². The number of nitrogens with zero attached hydrogens (tertiary/aromatic N) is 1. The van der Waals surface area contributed by atoms with Gasteiger partial charge in [0.2, 0.25) is 11.8 Å². The molecule has 0 aliphatic carbocycles. The first-order valence-corrected chi connectivity index (χ1v) is 7.23. The molecule has 1 fully saturated rings. The molecule has 0 unspecified atom stereocenters. The molecule has 6 nitrogen and oxygen atoms in total. The maximum Gasteiger partial charge on any atom is 0.405 e. The third kappa shape index (κ3) is 5.59. The minimum Gasteiger partial charge on any atom is -0.467 e. The molecule has 2 amide bonds. The number of hydrogen-bond donors (Lipinski definition) is 2. The molecule has 1 saturated heterocycles. The SMILES string of the molecule is O=C(CN1CCC[C@@H]1C(=O)NCC(F)(F)F)NCc1ccco1. The van der Waals surface area contributed by atoms with Crippen LogP contribution in [0.3, 0.4) is 0 Å². The number of carbonyl (C=O) groups is 2. The molecule has 0 spiro atoms. The summed E-state index contributed by atoms with van der Waals surface area (Å²) in [5, 5.41) is 4.51. The number of carbonyl (C=O) groups excluding carboxylic acids is 2. The van der Waals surface area contributed by atoms with E-state index in [-0.39, 0.29) is 19.0 Å². The topological polar surface area (TPSA) is 74.6 Å². The van der Waals surface area contributed by atoms with Crippen LogP contribution >= 0.6 is 0 Å². The van der Waals surface area contributed by atoms with Crippen LogP contribution in [0.25, 0.3) is 0 Å². The highest BCUT2D eigenvalue weighted by Crippen LogP contribution is 2.18. The average molecular weight is 333 g/mol. The summed E-state index contributed by atoms with van der Waals surface area (Å²) < 4.78 is 41.5. The van der Waals surface area contributed by atoms with Gasteiger partial charge >= 0.3 is 6.18 Å². The van der Waals surface area contributed by atoms with Crippen LogP contribution < -0.4 is 10.6 Å². The molecule has 2 rings (SSSR count). The summed E-state index contributed by atoms with van der Waals surface area (Å²) in [6.07, 6.45) is -1.85. The Kier molecular flexibility index (Phi) is 5.64. The predicted molar refractivity (Wildman–Crippen MR) is 74.2 cm³/mol. The first kappa shape index (κ1) is 17.3. The van der Waals surface area contributed by atoms with E-state index in [1.165, 1.54) is 6.26 Å². The fraction of sp³-hybridized carbons (Fsp3) is 0.571. The number of nitrogens with one attached hydrogen (secondary N) is 2. The number of hydrogen-bond acceptors (Lipinski definition) is 4. The second kappa shape index (κ2) is 7.49. The normalized spacial score (nSPS) is 18.8. The van der Waals surface area contributed by atoms with Crippen molar-refractivity contribution < 1.29 is 27.2 Å². The monoisotopic (exact) mass is 333 g/mol. The molecule has 0 saturated carbocycles. The molecule has 1 aliphatic heterocycles. The van der Waals surface area contributed by atoms with Crippen LogP contribution in [-0.2, 0) is 16.1 Å². The van der Waals surface area contributed by atoms with Crippen molar-refractivity contribution in [1.29, 1.82) is 0 Å². The van der Waals surface area contributed by atoms with Crippen LogP contribution in [-0.4, -0.2) is 48.6 Å². The summed E-state index contributed by atoms with van der Waals surface area (Å²) in [5.74, 6) is -0.408. The van der Waals surface area contributed by atoms with E-state index in [1.807, 2.05) is 5.32 Å². The van der Waals surface area contributed by atoms with Crippen molar-refractivity contribution in [3.05, 3.63) is 24.2 Å². The third-order valence-electron chi connectivity index (χ3n) is 3.52. The Labute approximate surface area is 131 Å². The Morgan fingerprint density at radius 2 is 2.13 bits per heavy atom. The minimum atomic E-state index is -4.44. The average Bonchev–Trinajstić information content (AvgIpc) is 3.13. The van der Waals surface area contributed by atoms with E-state index in [1.54, 1.807) is 17.0 Å². The molecule has 0 bridgehead atoms. The van der Waals surface area contributed by atoms with Gasteiger partial charge < -0.3 is 15.1 Å². The molecule has 128 valence electrons. The quantitative estimate of drug-likeness (QED) is 0.816. The van der Waals surface area contributed by atoms with Crippen LogP contribution in [0.15, 0.2) is 22.8 Å². The molecule has 9 heteroatoms. The zero-order valence-electron chi connectivity index (χ0n) is 12.4. The second-order valence-corrected chi connectivity index (χ2v) is 5.32. The van der Waals surface area contributed by atoms with Crippen molar-refractivity contribution in [2.75, 3.05) is 19.6 Å². The van der Waals surface area contributed by atoms with Gasteiger partial charge in [0.05, 0.1) is 25.4 Å². The lowest BCUT2D eigenvalue weighted by atomic mass is 10.2. The van der Waals surface area contributed by atoms with Crippen molar-refractivity contribution in [3.8, 4) is 0 Å². The summed E-state index contributed by atoms with van der Waals surface area (Å²) in [6.45, 7) is -0.672. The van der Waals surface area contributed by atoms with Crippen molar-refractivity contribution in [2.24, 2.45) is 0 Å². The van der Waals surface area contributed by atoms with Crippen LogP contribution in [0.2, 0.25) is 0 Å². The largest absolute Gasteiger partial charge is 0.467 e. The summed E-state index contributed by atoms with van der Waals surface area (Å²) in [4.78, 5) is 25.3. The molecular formula is C14H18F3N3O3. The number of amides is 2. The zero-order valence-corrected chi connectivity index (χ0v) is 12.4. The summed E-state index contributed by atoms with van der Waals surface area (Å²) in [7, 11) is 0. The zero-order chi connectivity index (χ0) is 16.9. The van der Waals surface area contributed by atoms with E-state index in [0.29, 0.717) is 25.1 Å². The molecule has 1 aromatic rings. The fourth-order valence-corrected chi connectivity index (χ4v) is 2.46. The van der Waals surface area contributed by atoms with Gasteiger partial charge in [0.25, 0.3) is 0 Å². The highest BCUT2D eigenvalue weighted by atomic mass is 19.4. The number of halogens is 3. The number of furan rings is 1. The summed E-state index contributed by atoms with van der Waals surface area (Å²) in [5.41, 5.74) is 0. The Morgan fingerprint density at radius 3 is 2.78 bits per heavy atom. The Balaban J connectivity index is 1.79. The molecule has 1 aliphatic rings. The Hall–Kier alpha value is -2.03. The Bertz CT molecular complexity index is 531. The lowest BCUT2D eigenvalue weighted by Gasteiger charge is -2.23. The molecule has 1 atom stereocenters. The van der Waals surface area contributed by atoms with Gasteiger partial charge in [0.1, 0.15) is 12.3 Å². The van der Waals surface area contributed by atoms with E-state index >= 15 is 0 Å². The van der Waals surface area contributed by atoms with Crippen molar-refractivity contribution in [1.82, 2.24) is 15.5 Å². The third-order valence-corrected chi connectivity index (χ3v) is 3.52. The van der Waals surface area contributed by atoms with Gasteiger partial charge in [-0.15, -0.1) is 0 Å². The minimum absolute atomic E-state index is 0.0369. The number of alkyl halides is 3. The molecule has 23 heavy (non-hydrogen) atoms. The van der Waals surface area contributed by atoms with Gasteiger partial charge in [-0.3, -0.25) is 14.5 Å². The number of likely N-dealkylation sites (tertiary alicyclic amines) is 1. The summed E-state index contributed by atoms with van der Waals surface area (Å²) >= 11 is 0. The van der Waals surface area contributed by atoms with Gasteiger partial charge in [0, 0.05) is 0 Å². The van der Waals surface area contributed by atoms with Crippen molar-refractivity contribution in [3.63, 3.8) is 0 Å².